The van der Waals surface area contributed by atoms with Crippen LogP contribution in [0.1, 0.15) is 20.3 Å². The molecule has 0 radical (unpaired) electrons. The van der Waals surface area contributed by atoms with Crippen molar-refractivity contribution in [3.05, 3.63) is 12.6 Å². The lowest BCUT2D eigenvalue weighted by Crippen LogP contribution is -2.40. The minimum Gasteiger partial charge on any atom is -0.428 e. The summed E-state index contributed by atoms with van der Waals surface area (Å²) < 4.78 is 4.87. The summed E-state index contributed by atoms with van der Waals surface area (Å²) in [5.74, 6) is 0.239. The Morgan fingerprint density at radius 2 is 2.50 bits per heavy atom. The molecule has 5 heteroatoms. The lowest BCUT2D eigenvalue weighted by atomic mass is 9.99. The molecule has 1 heterocycles. The van der Waals surface area contributed by atoms with E-state index in [0.29, 0.717) is 5.88 Å². The van der Waals surface area contributed by atoms with Crippen LogP contribution < -0.4 is 11.1 Å². The summed E-state index contributed by atoms with van der Waals surface area (Å²) in [6.07, 6.45) is 3.55. The lowest BCUT2D eigenvalue weighted by Gasteiger charge is -2.16. The topological polar surface area (TPSA) is 81.2 Å². The van der Waals surface area contributed by atoms with Crippen LogP contribution in [0.2, 0.25) is 0 Å². The summed E-state index contributed by atoms with van der Waals surface area (Å²) in [5, 5.41) is 2.54. The highest BCUT2D eigenvalue weighted by molar-refractivity contribution is 5.93. The minimum atomic E-state index is -0.509. The zero-order valence-electron chi connectivity index (χ0n) is 8.36. The Balaban J connectivity index is 2.50. The summed E-state index contributed by atoms with van der Waals surface area (Å²) in [6, 6.07) is -0.509. The molecule has 0 spiro atoms. The van der Waals surface area contributed by atoms with Gasteiger partial charge in [0.1, 0.15) is 0 Å². The lowest BCUT2D eigenvalue weighted by molar-refractivity contribution is -0.118. The van der Waals surface area contributed by atoms with Crippen LogP contribution in [0.5, 0.6) is 0 Å². The predicted octanol–water partition coefficient (Wildman–Crippen LogP) is 0.986. The maximum Gasteiger partial charge on any atom is 0.243 e. The Hall–Kier alpha value is -1.36. The van der Waals surface area contributed by atoms with E-state index in [2.05, 4.69) is 10.3 Å². The summed E-state index contributed by atoms with van der Waals surface area (Å²) in [4.78, 5) is 15.2. The van der Waals surface area contributed by atoms with Crippen molar-refractivity contribution in [1.29, 1.82) is 0 Å². The average Bonchev–Trinajstić information content (AvgIpc) is 2.68. The molecule has 0 saturated carbocycles. The molecule has 0 saturated heterocycles. The van der Waals surface area contributed by atoms with Crippen LogP contribution in [-0.2, 0) is 4.79 Å². The molecule has 0 fully saturated rings. The van der Waals surface area contributed by atoms with E-state index >= 15 is 0 Å². The molecule has 0 aliphatic carbocycles. The molecule has 14 heavy (non-hydrogen) atoms. The van der Waals surface area contributed by atoms with E-state index in [1.54, 1.807) is 0 Å². The Bertz CT molecular complexity index is 284. The van der Waals surface area contributed by atoms with Crippen molar-refractivity contribution in [3.63, 3.8) is 0 Å². The van der Waals surface area contributed by atoms with Gasteiger partial charge in [-0.25, -0.2) is 4.98 Å². The number of oxazole rings is 1. The van der Waals surface area contributed by atoms with Gasteiger partial charge < -0.3 is 10.2 Å². The van der Waals surface area contributed by atoms with Crippen LogP contribution in [0, 0.1) is 5.92 Å². The molecule has 0 aliphatic rings. The summed E-state index contributed by atoms with van der Waals surface area (Å²) in [6.45, 7) is 3.93. The Kier molecular flexibility index (Phi) is 3.64. The number of nitrogens with two attached hydrogens (primary N) is 1. The number of amides is 1. The van der Waals surface area contributed by atoms with E-state index < -0.39 is 6.04 Å². The second-order valence-electron chi connectivity index (χ2n) is 3.27. The molecular weight excluding hydrogens is 182 g/mol. The fourth-order valence-electron chi connectivity index (χ4n) is 0.995. The maximum absolute atomic E-state index is 11.5. The van der Waals surface area contributed by atoms with Crippen LogP contribution in [-0.4, -0.2) is 16.9 Å². The van der Waals surface area contributed by atoms with Gasteiger partial charge in [0.15, 0.2) is 6.39 Å². The number of anilines is 1. The fourth-order valence-corrected chi connectivity index (χ4v) is 0.995. The molecule has 2 atom stereocenters. The Labute approximate surface area is 82.7 Å². The molecule has 0 aliphatic heterocycles. The summed E-state index contributed by atoms with van der Waals surface area (Å²) >= 11 is 0. The molecule has 1 amide bonds. The zero-order valence-corrected chi connectivity index (χ0v) is 8.36. The van der Waals surface area contributed by atoms with Crippen molar-refractivity contribution < 1.29 is 9.21 Å². The molecule has 5 nitrogen and oxygen atoms in total. The average molecular weight is 197 g/mol. The molecule has 1 aromatic heterocycles. The number of aromatic nitrogens is 1. The third-order valence-electron chi connectivity index (χ3n) is 2.24. The summed E-state index contributed by atoms with van der Waals surface area (Å²) in [7, 11) is 0. The molecule has 78 valence electrons. The quantitative estimate of drug-likeness (QED) is 0.754. The SMILES string of the molecule is CC[C@H](C)[C@H](N)C(=O)Nc1cnco1. The molecule has 0 bridgehead atoms. The van der Waals surface area contributed by atoms with E-state index in [1.807, 2.05) is 13.8 Å². The standard InChI is InChI=1S/C9H15N3O2/c1-3-6(2)8(10)9(13)12-7-4-11-5-14-7/h4-6,8H,3,10H2,1-2H3,(H,12,13)/t6-,8-/m0/s1. The molecule has 1 aromatic rings. The van der Waals surface area contributed by atoms with E-state index in [-0.39, 0.29) is 11.8 Å². The number of nitrogens with zero attached hydrogens (tertiary/aromatic N) is 1. The number of carbonyl (C=O) groups is 1. The van der Waals surface area contributed by atoms with Gasteiger partial charge in [-0.2, -0.15) is 0 Å². The minimum absolute atomic E-state index is 0.151. The second kappa shape index (κ2) is 4.76. The fraction of sp³-hybridized carbons (Fsp3) is 0.556. The van der Waals surface area contributed by atoms with Crippen molar-refractivity contribution in [2.24, 2.45) is 11.7 Å². The highest BCUT2D eigenvalue weighted by Gasteiger charge is 2.19. The van der Waals surface area contributed by atoms with Gasteiger partial charge in [-0.3, -0.25) is 10.1 Å². The van der Waals surface area contributed by atoms with Crippen LogP contribution in [0.25, 0.3) is 0 Å². The molecule has 0 aromatic carbocycles. The van der Waals surface area contributed by atoms with Gasteiger partial charge in [0.25, 0.3) is 0 Å². The highest BCUT2D eigenvalue weighted by atomic mass is 16.4. The number of nitrogens with one attached hydrogen (secondary N) is 1. The van der Waals surface area contributed by atoms with E-state index in [1.165, 1.54) is 12.6 Å². The van der Waals surface area contributed by atoms with Gasteiger partial charge in [0, 0.05) is 0 Å². The first-order chi connectivity index (χ1) is 6.65. The van der Waals surface area contributed by atoms with Crippen LogP contribution in [0.4, 0.5) is 5.88 Å². The first-order valence-electron chi connectivity index (χ1n) is 4.60. The van der Waals surface area contributed by atoms with Crippen molar-refractivity contribution >= 4 is 11.8 Å². The third kappa shape index (κ3) is 2.56. The zero-order chi connectivity index (χ0) is 10.6. The molecule has 3 N–H and O–H groups in total. The molecule has 0 unspecified atom stereocenters. The Morgan fingerprint density at radius 1 is 1.79 bits per heavy atom. The number of hydrogen-bond acceptors (Lipinski definition) is 4. The van der Waals surface area contributed by atoms with E-state index in [0.717, 1.165) is 6.42 Å². The maximum atomic E-state index is 11.5. The van der Waals surface area contributed by atoms with Crippen LogP contribution >= 0.6 is 0 Å². The van der Waals surface area contributed by atoms with Crippen LogP contribution in [0.3, 0.4) is 0 Å². The number of carbonyl (C=O) groups excluding carboxylic acids is 1. The molecular formula is C9H15N3O2. The normalized spacial score (nSPS) is 14.8. The monoisotopic (exact) mass is 197 g/mol. The third-order valence-corrected chi connectivity index (χ3v) is 2.24. The highest BCUT2D eigenvalue weighted by Crippen LogP contribution is 2.09. The number of rotatable bonds is 4. The van der Waals surface area contributed by atoms with E-state index in [9.17, 15) is 4.79 Å². The van der Waals surface area contributed by atoms with Gasteiger partial charge in [-0.05, 0) is 5.92 Å². The molecule has 1 rings (SSSR count). The van der Waals surface area contributed by atoms with Crippen LogP contribution in [0.15, 0.2) is 17.0 Å². The van der Waals surface area contributed by atoms with Crippen molar-refractivity contribution in [2.75, 3.05) is 5.32 Å². The summed E-state index contributed by atoms with van der Waals surface area (Å²) in [5.41, 5.74) is 5.71. The van der Waals surface area contributed by atoms with Gasteiger partial charge in [-0.1, -0.05) is 20.3 Å². The Morgan fingerprint density at radius 3 is 3.00 bits per heavy atom. The van der Waals surface area contributed by atoms with Crippen molar-refractivity contribution in [3.8, 4) is 0 Å². The largest absolute Gasteiger partial charge is 0.428 e. The van der Waals surface area contributed by atoms with Crippen molar-refractivity contribution in [2.45, 2.75) is 26.3 Å². The smallest absolute Gasteiger partial charge is 0.243 e. The van der Waals surface area contributed by atoms with Gasteiger partial charge in [0.05, 0.1) is 12.2 Å². The first kappa shape index (κ1) is 10.7. The van der Waals surface area contributed by atoms with E-state index in [4.69, 9.17) is 10.2 Å². The second-order valence-corrected chi connectivity index (χ2v) is 3.27. The first-order valence-corrected chi connectivity index (χ1v) is 4.60. The van der Waals surface area contributed by atoms with Gasteiger partial charge in [-0.15, -0.1) is 0 Å². The van der Waals surface area contributed by atoms with Crippen molar-refractivity contribution in [1.82, 2.24) is 4.98 Å². The predicted molar refractivity (Wildman–Crippen MR) is 52.6 cm³/mol. The van der Waals surface area contributed by atoms with Gasteiger partial charge in [0.2, 0.25) is 11.8 Å². The number of hydrogen-bond donors (Lipinski definition) is 2. The van der Waals surface area contributed by atoms with Gasteiger partial charge >= 0.3 is 0 Å².